The summed E-state index contributed by atoms with van der Waals surface area (Å²) in [6, 6.07) is 20.5. The largest absolute Gasteiger partial charge is 0.480 e. The van der Waals surface area contributed by atoms with Crippen LogP contribution in [0.1, 0.15) is 39.6 Å². The predicted molar refractivity (Wildman–Crippen MR) is 177 cm³/mol. The van der Waals surface area contributed by atoms with Crippen molar-refractivity contribution in [2.24, 2.45) is 10.7 Å². The van der Waals surface area contributed by atoms with Gasteiger partial charge >= 0.3 is 12.1 Å². The van der Waals surface area contributed by atoms with Gasteiger partial charge in [0.05, 0.1) is 24.0 Å². The van der Waals surface area contributed by atoms with Gasteiger partial charge < -0.3 is 25.8 Å². The Morgan fingerprint density at radius 2 is 1.65 bits per heavy atom. The zero-order valence-electron chi connectivity index (χ0n) is 24.4. The van der Waals surface area contributed by atoms with Crippen molar-refractivity contribution in [1.82, 2.24) is 15.5 Å². The first-order chi connectivity index (χ1) is 21.9. The summed E-state index contributed by atoms with van der Waals surface area (Å²) in [6.07, 6.45) is 0.0494. The van der Waals surface area contributed by atoms with E-state index in [1.165, 1.54) is 16.2 Å². The van der Waals surface area contributed by atoms with Gasteiger partial charge in [0.25, 0.3) is 0 Å². The topological polar surface area (TPSA) is 163 Å². The lowest BCUT2D eigenvalue weighted by Gasteiger charge is -2.33. The number of thiophene rings is 1. The Balaban J connectivity index is 1.47. The number of rotatable bonds is 12. The fraction of sp³-hybridized carbons (Fsp3) is 0.323. The highest BCUT2D eigenvalue weighted by Crippen LogP contribution is 2.31. The Bertz CT molecular complexity index is 1510. The Morgan fingerprint density at radius 1 is 1.02 bits per heavy atom. The highest BCUT2D eigenvalue weighted by molar-refractivity contribution is 7.14. The second-order valence-corrected chi connectivity index (χ2v) is 14.1. The number of amidine groups is 1. The first-order valence-corrected chi connectivity index (χ1v) is 16.2. The van der Waals surface area contributed by atoms with E-state index in [9.17, 15) is 24.3 Å². The lowest BCUT2D eigenvalue weighted by molar-refractivity contribution is -0.141. The van der Waals surface area contributed by atoms with Gasteiger partial charge in [-0.3, -0.25) is 19.7 Å². The maximum absolute atomic E-state index is 14.2. The summed E-state index contributed by atoms with van der Waals surface area (Å²) < 4.78 is 2.98. The molecule has 3 aromatic rings. The summed E-state index contributed by atoms with van der Waals surface area (Å²) >= 11 is 17.9. The zero-order chi connectivity index (χ0) is 33.3. The molecule has 244 valence electrons. The molecule has 0 bridgehead atoms. The standard InChI is InChI=1S/C31H32Cl3N5O6S/c32-31(33,34)18-45-30(44)38-27(35)23-14-13-21(46-23)16-37-28(42)22-12-7-15-39(22)29(43)26(36-17-24(40)41)25(19-8-3-1-4-9-19)20-10-5-2-6-11-20/h1-6,8-11,13-14,22,25-26,36H,7,12,15-18H2,(H,37,42)(H,40,41)(H2,35,38,44)/t22-,26+/m0/s1. The molecule has 1 aliphatic heterocycles. The number of aliphatic imine (C=N–C) groups is 1. The number of carbonyl (C=O) groups excluding carboxylic acids is 3. The number of aliphatic carboxylic acids is 1. The van der Waals surface area contributed by atoms with Gasteiger partial charge in [0, 0.05) is 17.3 Å². The van der Waals surface area contributed by atoms with Gasteiger partial charge in [-0.2, -0.15) is 4.99 Å². The molecule has 15 heteroatoms. The van der Waals surface area contributed by atoms with E-state index in [1.54, 1.807) is 12.1 Å². The number of carbonyl (C=O) groups is 4. The van der Waals surface area contributed by atoms with Gasteiger partial charge in [-0.15, -0.1) is 11.3 Å². The van der Waals surface area contributed by atoms with Crippen LogP contribution in [0, 0.1) is 0 Å². The lowest BCUT2D eigenvalue weighted by atomic mass is 9.84. The summed E-state index contributed by atoms with van der Waals surface area (Å²) in [5.41, 5.74) is 7.59. The average molecular weight is 709 g/mol. The first kappa shape index (κ1) is 35.2. The molecule has 5 N–H and O–H groups in total. The molecule has 1 aromatic heterocycles. The van der Waals surface area contributed by atoms with E-state index in [-0.39, 0.29) is 24.2 Å². The van der Waals surface area contributed by atoms with Gasteiger partial charge in [-0.25, -0.2) is 4.79 Å². The van der Waals surface area contributed by atoms with Gasteiger partial charge in [0.2, 0.25) is 15.6 Å². The molecule has 46 heavy (non-hydrogen) atoms. The summed E-state index contributed by atoms with van der Waals surface area (Å²) in [4.78, 5) is 57.5. The van der Waals surface area contributed by atoms with E-state index in [2.05, 4.69) is 15.6 Å². The number of alkyl halides is 3. The van der Waals surface area contributed by atoms with Crippen molar-refractivity contribution in [3.05, 3.63) is 93.7 Å². The number of ether oxygens (including phenoxy) is 1. The third-order valence-electron chi connectivity index (χ3n) is 7.15. The minimum atomic E-state index is -1.78. The van der Waals surface area contributed by atoms with Crippen molar-refractivity contribution in [2.45, 2.75) is 41.2 Å². The van der Waals surface area contributed by atoms with E-state index >= 15 is 0 Å². The average Bonchev–Trinajstić information content (AvgIpc) is 3.72. The molecule has 0 saturated carbocycles. The van der Waals surface area contributed by atoms with E-state index in [1.807, 2.05) is 60.7 Å². The normalized spacial score (nSPS) is 15.9. The number of hydrogen-bond acceptors (Lipinski definition) is 7. The smallest absolute Gasteiger partial charge is 0.435 e. The highest BCUT2D eigenvalue weighted by Gasteiger charge is 2.40. The van der Waals surface area contributed by atoms with E-state index in [0.29, 0.717) is 24.3 Å². The lowest BCUT2D eigenvalue weighted by Crippen LogP contribution is -2.55. The number of likely N-dealkylation sites (tertiary alicyclic amines) is 1. The van der Waals surface area contributed by atoms with Crippen LogP contribution in [0.5, 0.6) is 0 Å². The molecule has 1 saturated heterocycles. The van der Waals surface area contributed by atoms with Crippen LogP contribution in [-0.2, 0) is 25.7 Å². The third kappa shape index (κ3) is 9.91. The molecule has 0 radical (unpaired) electrons. The van der Waals surface area contributed by atoms with Gasteiger partial charge in [0.1, 0.15) is 18.5 Å². The van der Waals surface area contributed by atoms with Crippen LogP contribution < -0.4 is 16.4 Å². The van der Waals surface area contributed by atoms with Crippen molar-refractivity contribution in [3.63, 3.8) is 0 Å². The second kappa shape index (κ2) is 16.2. The number of nitrogens with one attached hydrogen (secondary N) is 2. The highest BCUT2D eigenvalue weighted by atomic mass is 35.6. The van der Waals surface area contributed by atoms with Crippen LogP contribution in [0.25, 0.3) is 0 Å². The molecule has 2 heterocycles. The summed E-state index contributed by atoms with van der Waals surface area (Å²) in [7, 11) is 0. The number of amides is 3. The summed E-state index contributed by atoms with van der Waals surface area (Å²) in [6.45, 7) is -0.437. The summed E-state index contributed by atoms with van der Waals surface area (Å²) in [5, 5.41) is 15.3. The Morgan fingerprint density at radius 3 is 2.24 bits per heavy atom. The Kier molecular flexibility index (Phi) is 12.4. The number of hydrogen-bond donors (Lipinski definition) is 4. The number of carboxylic acids is 1. The van der Waals surface area contributed by atoms with E-state index in [4.69, 9.17) is 45.3 Å². The zero-order valence-corrected chi connectivity index (χ0v) is 27.5. The van der Waals surface area contributed by atoms with Crippen LogP contribution in [-0.4, -0.2) is 75.3 Å². The number of halogens is 3. The van der Waals surface area contributed by atoms with Crippen molar-refractivity contribution < 1.29 is 29.0 Å². The summed E-state index contributed by atoms with van der Waals surface area (Å²) in [5.74, 6) is -2.41. The second-order valence-electron chi connectivity index (χ2n) is 10.4. The first-order valence-electron chi connectivity index (χ1n) is 14.2. The fourth-order valence-electron chi connectivity index (χ4n) is 5.16. The minimum Gasteiger partial charge on any atom is -0.480 e. The molecular weight excluding hydrogens is 677 g/mol. The van der Waals surface area contributed by atoms with Crippen LogP contribution in [0.4, 0.5) is 4.79 Å². The van der Waals surface area contributed by atoms with Crippen LogP contribution >= 0.6 is 46.1 Å². The third-order valence-corrected chi connectivity index (χ3v) is 8.59. The maximum Gasteiger partial charge on any atom is 0.435 e. The van der Waals surface area contributed by atoms with Gasteiger partial charge in [0.15, 0.2) is 0 Å². The molecular formula is C31H32Cl3N5O6S. The van der Waals surface area contributed by atoms with E-state index < -0.39 is 47.0 Å². The minimum absolute atomic E-state index is 0.101. The van der Waals surface area contributed by atoms with Gasteiger partial charge in [-0.05, 0) is 36.1 Å². The number of carboxylic acid groups (broad SMARTS) is 1. The molecule has 0 aliphatic carbocycles. The molecule has 0 unspecified atom stereocenters. The van der Waals surface area contributed by atoms with E-state index in [0.717, 1.165) is 16.0 Å². The molecule has 2 aromatic carbocycles. The van der Waals surface area contributed by atoms with Crippen molar-refractivity contribution in [3.8, 4) is 0 Å². The molecule has 11 nitrogen and oxygen atoms in total. The van der Waals surface area contributed by atoms with Crippen LogP contribution in [0.15, 0.2) is 77.8 Å². The Hall–Kier alpha value is -3.68. The number of benzene rings is 2. The molecule has 1 aliphatic rings. The van der Waals surface area contributed by atoms with Gasteiger partial charge in [-0.1, -0.05) is 95.5 Å². The SMILES string of the molecule is N/C(=N\C(=O)OCC(Cl)(Cl)Cl)c1ccc(CNC(=O)[C@@H]2CCCN2C(=O)[C@H](NCC(=O)O)C(c2ccccc2)c2ccccc2)s1. The van der Waals surface area contributed by atoms with Crippen molar-refractivity contribution in [2.75, 3.05) is 19.7 Å². The fourth-order valence-corrected chi connectivity index (χ4v) is 6.17. The molecule has 4 rings (SSSR count). The quantitative estimate of drug-likeness (QED) is 0.122. The molecule has 2 atom stereocenters. The molecule has 1 fully saturated rings. The monoisotopic (exact) mass is 707 g/mol. The van der Waals surface area contributed by atoms with Crippen molar-refractivity contribution >= 4 is 75.9 Å². The van der Waals surface area contributed by atoms with Crippen LogP contribution in [0.3, 0.4) is 0 Å². The van der Waals surface area contributed by atoms with Crippen LogP contribution in [0.2, 0.25) is 0 Å². The number of nitrogens with two attached hydrogens (primary N) is 1. The number of nitrogens with zero attached hydrogens (tertiary/aromatic N) is 2. The molecule has 0 spiro atoms. The predicted octanol–water partition coefficient (Wildman–Crippen LogP) is 4.44. The van der Waals surface area contributed by atoms with Crippen molar-refractivity contribution in [1.29, 1.82) is 0 Å². The molecule has 3 amide bonds. The Labute approximate surface area is 284 Å². The maximum atomic E-state index is 14.2.